The number of methoxy groups -OCH3 is 2. The minimum atomic E-state index is -4.54. The van der Waals surface area contributed by atoms with E-state index < -0.39 is 17.8 Å². The van der Waals surface area contributed by atoms with Gasteiger partial charge in [-0.3, -0.25) is 0 Å². The average Bonchev–Trinajstić information content (AvgIpc) is 3.06. The number of halogens is 4. The van der Waals surface area contributed by atoms with E-state index in [0.717, 1.165) is 17.0 Å². The van der Waals surface area contributed by atoms with Crippen LogP contribution in [0.5, 0.6) is 5.75 Å². The molecule has 1 aromatic carbocycles. The van der Waals surface area contributed by atoms with Crippen molar-refractivity contribution in [3.8, 4) is 11.4 Å². The number of hydrogen-bond donors (Lipinski definition) is 0. The molecule has 0 saturated carbocycles. The summed E-state index contributed by atoms with van der Waals surface area (Å²) in [5.41, 5.74) is -0.720. The molecular weight excluding hydrogens is 409 g/mol. The Morgan fingerprint density at radius 2 is 2.00 bits per heavy atom. The van der Waals surface area contributed by atoms with Crippen LogP contribution in [0.4, 0.5) is 13.2 Å². The zero-order valence-corrected chi connectivity index (χ0v) is 14.6. The maximum Gasteiger partial charge on any atom is 0.435 e. The Bertz CT molecular complexity index is 802. The molecule has 0 amide bonds. The van der Waals surface area contributed by atoms with Gasteiger partial charge in [-0.05, 0) is 34.1 Å². The fraction of sp³-hybridized carbons (Fsp3) is 0.200. The smallest absolute Gasteiger partial charge is 0.435 e. The third-order valence-corrected chi connectivity index (χ3v) is 3.55. The van der Waals surface area contributed by atoms with Gasteiger partial charge in [0.15, 0.2) is 5.69 Å². The van der Waals surface area contributed by atoms with Crippen LogP contribution in [-0.2, 0) is 20.4 Å². The van der Waals surface area contributed by atoms with Crippen molar-refractivity contribution in [2.45, 2.75) is 6.18 Å². The molecule has 0 aliphatic heterocycles. The van der Waals surface area contributed by atoms with Crippen molar-refractivity contribution in [3.63, 3.8) is 0 Å². The lowest BCUT2D eigenvalue weighted by Gasteiger charge is -2.11. The lowest BCUT2D eigenvalue weighted by Crippen LogP contribution is -2.12. The largest absolute Gasteiger partial charge is 0.500 e. The summed E-state index contributed by atoms with van der Waals surface area (Å²) in [5.74, 6) is -0.854. The maximum atomic E-state index is 12.7. The van der Waals surface area contributed by atoms with Crippen LogP contribution < -0.4 is 4.74 Å². The maximum absolute atomic E-state index is 12.7. The fourth-order valence-electron chi connectivity index (χ4n) is 1.77. The predicted molar refractivity (Wildman–Crippen MR) is 84.0 cm³/mol. The summed E-state index contributed by atoms with van der Waals surface area (Å²) < 4.78 is 54.2. The van der Waals surface area contributed by atoms with Gasteiger partial charge in [0.2, 0.25) is 5.76 Å². The zero-order valence-electron chi connectivity index (χ0n) is 13.0. The first-order chi connectivity index (χ1) is 11.8. The number of hydrogen-bond acceptors (Lipinski definition) is 5. The predicted octanol–water partition coefficient (Wildman–Crippen LogP) is 3.69. The molecule has 1 aromatic heterocycles. The molecular formula is C15H12BrF3N2O4. The Morgan fingerprint density at radius 1 is 1.28 bits per heavy atom. The molecule has 0 saturated heterocycles. The number of ether oxygens (including phenoxy) is 3. The molecule has 25 heavy (non-hydrogen) atoms. The number of nitrogens with zero attached hydrogens (tertiary/aromatic N) is 2. The van der Waals surface area contributed by atoms with Gasteiger partial charge in [-0.25, -0.2) is 9.48 Å². The topological polar surface area (TPSA) is 62.6 Å². The van der Waals surface area contributed by atoms with Crippen molar-refractivity contribution in [1.82, 2.24) is 9.78 Å². The minimum Gasteiger partial charge on any atom is -0.500 e. The van der Waals surface area contributed by atoms with Gasteiger partial charge in [0.1, 0.15) is 12.0 Å². The molecule has 1 heterocycles. The molecule has 0 aliphatic rings. The fourth-order valence-corrected chi connectivity index (χ4v) is 2.10. The van der Waals surface area contributed by atoms with E-state index in [0.29, 0.717) is 10.2 Å². The van der Waals surface area contributed by atoms with Crippen LogP contribution in [0, 0.1) is 0 Å². The number of carbonyl (C=O) groups excluding carboxylic acids is 1. The van der Waals surface area contributed by atoms with Gasteiger partial charge < -0.3 is 14.2 Å². The third kappa shape index (κ3) is 4.53. The molecule has 2 aromatic rings. The van der Waals surface area contributed by atoms with Gasteiger partial charge in [0.25, 0.3) is 0 Å². The normalized spacial score (nSPS) is 12.0. The first-order valence-electron chi connectivity index (χ1n) is 6.68. The minimum absolute atomic E-state index is 0.162. The van der Waals surface area contributed by atoms with E-state index in [4.69, 9.17) is 9.47 Å². The Morgan fingerprint density at radius 3 is 2.56 bits per heavy atom. The quantitative estimate of drug-likeness (QED) is 0.419. The van der Waals surface area contributed by atoms with Gasteiger partial charge in [0, 0.05) is 12.3 Å². The van der Waals surface area contributed by atoms with Crippen LogP contribution in [0.25, 0.3) is 5.69 Å². The molecule has 6 nitrogen and oxygen atoms in total. The summed E-state index contributed by atoms with van der Waals surface area (Å²) >= 11 is 3.24. The lowest BCUT2D eigenvalue weighted by molar-refractivity contribution is -0.141. The molecule has 0 radical (unpaired) electrons. The van der Waals surface area contributed by atoms with Crippen molar-refractivity contribution < 1.29 is 32.2 Å². The first kappa shape index (κ1) is 18.8. The van der Waals surface area contributed by atoms with Crippen molar-refractivity contribution in [1.29, 1.82) is 0 Å². The van der Waals surface area contributed by atoms with E-state index >= 15 is 0 Å². The molecule has 0 fully saturated rings. The molecule has 134 valence electrons. The van der Waals surface area contributed by atoms with E-state index in [-0.39, 0.29) is 11.5 Å². The second-order valence-electron chi connectivity index (χ2n) is 4.57. The van der Waals surface area contributed by atoms with Gasteiger partial charge >= 0.3 is 12.1 Å². The van der Waals surface area contributed by atoms with Crippen molar-refractivity contribution in [2.24, 2.45) is 0 Å². The lowest BCUT2D eigenvalue weighted by atomic mass is 10.3. The number of carbonyl (C=O) groups is 1. The van der Waals surface area contributed by atoms with Crippen LogP contribution >= 0.6 is 15.9 Å². The van der Waals surface area contributed by atoms with Crippen molar-refractivity contribution in [3.05, 3.63) is 52.7 Å². The van der Waals surface area contributed by atoms with E-state index in [2.05, 4.69) is 25.8 Å². The van der Waals surface area contributed by atoms with E-state index in [1.165, 1.54) is 32.5 Å². The third-order valence-electron chi connectivity index (χ3n) is 2.89. The molecule has 0 aliphatic carbocycles. The van der Waals surface area contributed by atoms with Crippen LogP contribution in [0.3, 0.4) is 0 Å². The number of esters is 1. The summed E-state index contributed by atoms with van der Waals surface area (Å²) in [6.45, 7) is 0. The van der Waals surface area contributed by atoms with E-state index in [1.807, 2.05) is 0 Å². The highest BCUT2D eigenvalue weighted by Crippen LogP contribution is 2.31. The van der Waals surface area contributed by atoms with Gasteiger partial charge in [-0.15, -0.1) is 0 Å². The number of benzene rings is 1. The Labute approximate surface area is 148 Å². The summed E-state index contributed by atoms with van der Waals surface area (Å²) in [6, 6.07) is 5.33. The second kappa shape index (κ2) is 7.60. The summed E-state index contributed by atoms with van der Waals surface area (Å²) in [4.78, 5) is 11.6. The molecule has 0 spiro atoms. The summed E-state index contributed by atoms with van der Waals surface area (Å²) in [5, 5.41) is 3.48. The first-order valence-corrected chi connectivity index (χ1v) is 7.47. The highest BCUT2D eigenvalue weighted by Gasteiger charge is 2.33. The monoisotopic (exact) mass is 420 g/mol. The molecule has 0 N–H and O–H groups in total. The van der Waals surface area contributed by atoms with Gasteiger partial charge in [-0.1, -0.05) is 0 Å². The van der Waals surface area contributed by atoms with Crippen LogP contribution in [0.2, 0.25) is 0 Å². The van der Waals surface area contributed by atoms with E-state index in [1.54, 1.807) is 6.07 Å². The Kier molecular flexibility index (Phi) is 5.73. The Balaban J connectivity index is 2.36. The van der Waals surface area contributed by atoms with Crippen LogP contribution in [-0.4, -0.2) is 30.0 Å². The average molecular weight is 421 g/mol. The zero-order chi connectivity index (χ0) is 18.6. The Hall–Kier alpha value is -2.49. The SMILES string of the molecule is CO/C=C(\Oc1cc(-n2ccc(C(F)(F)F)n2)ccc1Br)C(=O)OC. The second-order valence-corrected chi connectivity index (χ2v) is 5.42. The highest BCUT2D eigenvalue weighted by atomic mass is 79.9. The number of aromatic nitrogens is 2. The number of rotatable bonds is 5. The standard InChI is InChI=1S/C15H12BrF3N2O4/c1-23-8-12(14(22)24-2)25-11-7-9(3-4-10(11)16)21-6-5-13(20-21)15(17,18)19/h3-8H,1-2H3/b12-8-. The number of alkyl halides is 3. The van der Waals surface area contributed by atoms with Crippen LogP contribution in [0.15, 0.2) is 47.0 Å². The molecule has 0 atom stereocenters. The summed E-state index contributed by atoms with van der Waals surface area (Å²) in [7, 11) is 2.49. The van der Waals surface area contributed by atoms with E-state index in [9.17, 15) is 18.0 Å². The van der Waals surface area contributed by atoms with Crippen molar-refractivity contribution >= 4 is 21.9 Å². The molecule has 2 rings (SSSR count). The molecule has 0 unspecified atom stereocenters. The summed E-state index contributed by atoms with van der Waals surface area (Å²) in [6.07, 6.45) is -2.33. The van der Waals surface area contributed by atoms with Gasteiger partial charge in [0.05, 0.1) is 24.4 Å². The van der Waals surface area contributed by atoms with Crippen LogP contribution in [0.1, 0.15) is 5.69 Å². The highest BCUT2D eigenvalue weighted by molar-refractivity contribution is 9.10. The molecule has 10 heteroatoms. The van der Waals surface area contributed by atoms with Gasteiger partial charge in [-0.2, -0.15) is 18.3 Å². The molecule has 0 bridgehead atoms. The van der Waals surface area contributed by atoms with Crippen molar-refractivity contribution in [2.75, 3.05) is 14.2 Å².